The van der Waals surface area contributed by atoms with Crippen LogP contribution in [0.25, 0.3) is 0 Å². The van der Waals surface area contributed by atoms with Crippen LogP contribution in [-0.4, -0.2) is 93.5 Å². The standard InChI is InChI=1S/C17H31N7O8S/c1-7(25)12(16(31)32)24-14(29)9(5-11(26)27)22-15(30)10(6-33)23-13(28)8(18)3-2-4-21-17(19)20/h7-10,12,25,33H,2-6,18H2,1H3,(H,22,30)(H,23,28)(H,24,29)(H,26,27)(H,31,32)(H4,19,20,21). The number of carbonyl (C=O) groups is 5. The molecule has 15 nitrogen and oxygen atoms in total. The lowest BCUT2D eigenvalue weighted by atomic mass is 10.1. The van der Waals surface area contributed by atoms with Crippen LogP contribution < -0.4 is 33.2 Å². The maximum absolute atomic E-state index is 12.5. The highest BCUT2D eigenvalue weighted by Crippen LogP contribution is 2.02. The molecule has 0 aromatic heterocycles. The number of aliphatic hydroxyl groups excluding tert-OH is 1. The fourth-order valence-electron chi connectivity index (χ4n) is 2.42. The number of amides is 3. The molecule has 0 heterocycles. The Balaban J connectivity index is 5.14. The van der Waals surface area contributed by atoms with Crippen LogP contribution in [0.5, 0.6) is 0 Å². The fourth-order valence-corrected chi connectivity index (χ4v) is 2.68. The zero-order chi connectivity index (χ0) is 25.7. The Bertz CT molecular complexity index is 745. The van der Waals surface area contributed by atoms with Crippen LogP contribution in [0.3, 0.4) is 0 Å². The molecule has 0 saturated carbocycles. The van der Waals surface area contributed by atoms with Gasteiger partial charge in [0.1, 0.15) is 12.1 Å². The number of thiol groups is 1. The molecule has 0 rings (SSSR count). The van der Waals surface area contributed by atoms with Gasteiger partial charge < -0.3 is 48.5 Å². The molecule has 33 heavy (non-hydrogen) atoms. The lowest BCUT2D eigenvalue weighted by Crippen LogP contribution is -2.59. The largest absolute Gasteiger partial charge is 0.481 e. The van der Waals surface area contributed by atoms with Crippen molar-refractivity contribution in [3.63, 3.8) is 0 Å². The van der Waals surface area contributed by atoms with Crippen molar-refractivity contribution in [3.05, 3.63) is 0 Å². The average molecular weight is 494 g/mol. The molecule has 0 radical (unpaired) electrons. The monoisotopic (exact) mass is 493 g/mol. The van der Waals surface area contributed by atoms with Crippen LogP contribution in [0.1, 0.15) is 26.2 Å². The molecule has 0 aliphatic carbocycles. The molecule has 3 amide bonds. The van der Waals surface area contributed by atoms with E-state index in [1.165, 1.54) is 0 Å². The van der Waals surface area contributed by atoms with E-state index < -0.39 is 66.4 Å². The van der Waals surface area contributed by atoms with Crippen molar-refractivity contribution in [2.45, 2.75) is 56.5 Å². The third-order valence-electron chi connectivity index (χ3n) is 4.18. The first-order valence-electron chi connectivity index (χ1n) is 9.75. The Morgan fingerprint density at radius 1 is 0.970 bits per heavy atom. The van der Waals surface area contributed by atoms with Gasteiger partial charge >= 0.3 is 11.9 Å². The van der Waals surface area contributed by atoms with Crippen molar-refractivity contribution in [3.8, 4) is 0 Å². The Morgan fingerprint density at radius 3 is 1.97 bits per heavy atom. The zero-order valence-corrected chi connectivity index (χ0v) is 18.8. The smallest absolute Gasteiger partial charge is 0.328 e. The fraction of sp³-hybridized carbons (Fsp3) is 0.647. The summed E-state index contributed by atoms with van der Waals surface area (Å²) >= 11 is 3.97. The minimum atomic E-state index is -1.73. The van der Waals surface area contributed by atoms with Gasteiger partial charge in [-0.1, -0.05) is 0 Å². The van der Waals surface area contributed by atoms with Crippen LogP contribution in [-0.2, 0) is 24.0 Å². The number of carboxylic acids is 2. The van der Waals surface area contributed by atoms with Gasteiger partial charge in [-0.3, -0.25) is 24.2 Å². The predicted octanol–water partition coefficient (Wildman–Crippen LogP) is -4.31. The van der Waals surface area contributed by atoms with Crippen molar-refractivity contribution >= 4 is 48.2 Å². The topological polar surface area (TPSA) is 273 Å². The SMILES string of the molecule is CC(O)C(NC(=O)C(CC(=O)O)NC(=O)C(CS)NC(=O)C(N)CCCN=C(N)N)C(=O)O. The second kappa shape index (κ2) is 14.9. The van der Waals surface area contributed by atoms with Gasteiger partial charge in [-0.25, -0.2) is 4.79 Å². The molecule has 5 atom stereocenters. The number of carboxylic acid groups (broad SMARTS) is 2. The minimum absolute atomic E-state index is 0.108. The summed E-state index contributed by atoms with van der Waals surface area (Å²) in [6, 6.07) is -5.71. The highest BCUT2D eigenvalue weighted by atomic mass is 32.1. The number of nitrogens with two attached hydrogens (primary N) is 3. The van der Waals surface area contributed by atoms with Gasteiger partial charge in [0.05, 0.1) is 18.6 Å². The normalized spacial score (nSPS) is 15.2. The van der Waals surface area contributed by atoms with Crippen molar-refractivity contribution in [1.82, 2.24) is 16.0 Å². The van der Waals surface area contributed by atoms with Gasteiger partial charge in [-0.05, 0) is 19.8 Å². The number of rotatable bonds is 15. The lowest BCUT2D eigenvalue weighted by molar-refractivity contribution is -0.146. The summed E-state index contributed by atoms with van der Waals surface area (Å²) in [6.07, 6.45) is -1.80. The highest BCUT2D eigenvalue weighted by Gasteiger charge is 2.32. The number of aliphatic imine (C=N–C) groups is 1. The van der Waals surface area contributed by atoms with Gasteiger partial charge in [-0.15, -0.1) is 0 Å². The summed E-state index contributed by atoms with van der Waals surface area (Å²) in [5, 5.41) is 34.0. The number of aliphatic carboxylic acids is 2. The second-order valence-electron chi connectivity index (χ2n) is 7.02. The van der Waals surface area contributed by atoms with E-state index in [-0.39, 0.29) is 24.7 Å². The summed E-state index contributed by atoms with van der Waals surface area (Å²) in [5.41, 5.74) is 16.1. The minimum Gasteiger partial charge on any atom is -0.481 e. The molecule has 5 unspecified atom stereocenters. The van der Waals surface area contributed by atoms with Crippen molar-refractivity contribution in [1.29, 1.82) is 0 Å². The van der Waals surface area contributed by atoms with Crippen LogP contribution in [0.15, 0.2) is 4.99 Å². The third kappa shape index (κ3) is 11.9. The molecular formula is C17H31N7O8S. The lowest BCUT2D eigenvalue weighted by Gasteiger charge is -2.24. The van der Waals surface area contributed by atoms with E-state index in [0.717, 1.165) is 6.92 Å². The molecule has 16 heteroatoms. The van der Waals surface area contributed by atoms with Crippen molar-refractivity contribution < 1.29 is 39.3 Å². The van der Waals surface area contributed by atoms with Gasteiger partial charge in [0.15, 0.2) is 12.0 Å². The van der Waals surface area contributed by atoms with Gasteiger partial charge in [0.25, 0.3) is 0 Å². The number of carbonyl (C=O) groups excluding carboxylic acids is 3. The quantitative estimate of drug-likeness (QED) is 0.0451. The van der Waals surface area contributed by atoms with Crippen LogP contribution in [0, 0.1) is 0 Å². The van der Waals surface area contributed by atoms with Gasteiger partial charge in [0.2, 0.25) is 17.7 Å². The summed E-state index contributed by atoms with van der Waals surface area (Å²) in [7, 11) is 0. The van der Waals surface area contributed by atoms with E-state index in [2.05, 4.69) is 28.3 Å². The van der Waals surface area contributed by atoms with Gasteiger partial charge in [-0.2, -0.15) is 12.6 Å². The first-order valence-corrected chi connectivity index (χ1v) is 10.4. The van der Waals surface area contributed by atoms with Crippen molar-refractivity contribution in [2.75, 3.05) is 12.3 Å². The van der Waals surface area contributed by atoms with Crippen LogP contribution in [0.4, 0.5) is 0 Å². The van der Waals surface area contributed by atoms with E-state index in [4.69, 9.17) is 27.4 Å². The zero-order valence-electron chi connectivity index (χ0n) is 17.9. The molecule has 188 valence electrons. The molecule has 0 aromatic carbocycles. The van der Waals surface area contributed by atoms with Gasteiger partial charge in [0, 0.05) is 12.3 Å². The molecule has 0 fully saturated rings. The third-order valence-corrected chi connectivity index (χ3v) is 4.54. The first-order chi connectivity index (χ1) is 15.3. The Morgan fingerprint density at radius 2 is 1.52 bits per heavy atom. The number of nitrogens with one attached hydrogen (secondary N) is 3. The first kappa shape index (κ1) is 29.9. The van der Waals surface area contributed by atoms with E-state index in [1.807, 2.05) is 5.32 Å². The average Bonchev–Trinajstić information content (AvgIpc) is 2.70. The molecule has 0 spiro atoms. The highest BCUT2D eigenvalue weighted by molar-refractivity contribution is 7.80. The number of hydrogen-bond donors (Lipinski definition) is 10. The predicted molar refractivity (Wildman–Crippen MR) is 119 cm³/mol. The summed E-state index contributed by atoms with van der Waals surface area (Å²) < 4.78 is 0. The van der Waals surface area contributed by atoms with Crippen LogP contribution in [0.2, 0.25) is 0 Å². The Labute approximate surface area is 194 Å². The maximum Gasteiger partial charge on any atom is 0.328 e. The number of hydrogen-bond acceptors (Lipinski definition) is 9. The second-order valence-corrected chi connectivity index (χ2v) is 7.39. The molecule has 0 bridgehead atoms. The number of nitrogens with zero attached hydrogens (tertiary/aromatic N) is 1. The summed E-state index contributed by atoms with van der Waals surface area (Å²) in [5.74, 6) is -6.15. The van der Waals surface area contributed by atoms with Crippen molar-refractivity contribution in [2.24, 2.45) is 22.2 Å². The number of aliphatic hydroxyl groups is 1. The Kier molecular flexibility index (Phi) is 13.5. The molecule has 12 N–H and O–H groups in total. The summed E-state index contributed by atoms with van der Waals surface area (Å²) in [4.78, 5) is 63.1. The summed E-state index contributed by atoms with van der Waals surface area (Å²) in [6.45, 7) is 1.35. The van der Waals surface area contributed by atoms with E-state index in [1.54, 1.807) is 0 Å². The molecule has 0 aliphatic rings. The molecule has 0 saturated heterocycles. The van der Waals surface area contributed by atoms with E-state index >= 15 is 0 Å². The molecule has 0 aliphatic heterocycles. The van der Waals surface area contributed by atoms with E-state index in [9.17, 15) is 29.1 Å². The molecule has 0 aromatic rings. The number of guanidine groups is 1. The molecular weight excluding hydrogens is 462 g/mol. The maximum atomic E-state index is 12.5. The van der Waals surface area contributed by atoms with Crippen LogP contribution >= 0.6 is 12.6 Å². The Hall–Kier alpha value is -3.11. The van der Waals surface area contributed by atoms with E-state index in [0.29, 0.717) is 6.42 Å².